The van der Waals surface area contributed by atoms with Gasteiger partial charge in [-0.2, -0.15) is 0 Å². The lowest BCUT2D eigenvalue weighted by Crippen LogP contribution is -2.08. The number of hydrogen-bond acceptors (Lipinski definition) is 2. The highest BCUT2D eigenvalue weighted by molar-refractivity contribution is 4.57. The highest BCUT2D eigenvalue weighted by Gasteiger charge is 1.76. The van der Waals surface area contributed by atoms with Crippen LogP contribution < -0.4 is 0 Å². The third kappa shape index (κ3) is 1.79. The smallest absolute Gasteiger partial charge is 0.0418 e. The predicted molar refractivity (Wildman–Crippen MR) is 24.4 cm³/mol. The molecule has 0 aliphatic carbocycles. The Labute approximate surface area is 37.7 Å². The summed E-state index contributed by atoms with van der Waals surface area (Å²) in [6.45, 7) is 5.74. The van der Waals surface area contributed by atoms with Crippen LogP contribution in [0.2, 0.25) is 0 Å². The zero-order valence-electron chi connectivity index (χ0n) is 3.89. The molecule has 0 radical (unpaired) electrons. The number of nitrogens with zero attached hydrogens (tertiary/aromatic N) is 1. The van der Waals surface area contributed by atoms with E-state index in [1.165, 1.54) is 6.20 Å². The van der Waals surface area contributed by atoms with Gasteiger partial charge in [-0.1, -0.05) is 6.58 Å². The van der Waals surface area contributed by atoms with E-state index in [2.05, 4.69) is 6.58 Å². The summed E-state index contributed by atoms with van der Waals surface area (Å²) in [6.07, 6.45) is 1.36. The largest absolute Gasteiger partial charge is 0.289 e. The summed E-state index contributed by atoms with van der Waals surface area (Å²) < 4.78 is 0. The van der Waals surface area contributed by atoms with Crippen molar-refractivity contribution in [3.05, 3.63) is 12.8 Å². The maximum atomic E-state index is 8.38. The molecule has 2 nitrogen and oxygen atoms in total. The van der Waals surface area contributed by atoms with Crippen molar-refractivity contribution >= 4 is 0 Å². The molecule has 0 saturated heterocycles. The standard InChI is InChI=1S/C4H9NO/c1-3-5(6)4-2/h3,6H,1,4H2,2H3. The molecule has 0 bridgehead atoms. The van der Waals surface area contributed by atoms with Gasteiger partial charge >= 0.3 is 0 Å². The van der Waals surface area contributed by atoms with Gasteiger partial charge in [-0.3, -0.25) is 10.3 Å². The Bertz CT molecular complexity index is 44.8. The van der Waals surface area contributed by atoms with Gasteiger partial charge in [0.25, 0.3) is 0 Å². The molecule has 0 aromatic rings. The van der Waals surface area contributed by atoms with Gasteiger partial charge in [-0.15, -0.1) is 0 Å². The molecule has 1 N–H and O–H groups in total. The fraction of sp³-hybridized carbons (Fsp3) is 0.500. The van der Waals surface area contributed by atoms with Crippen LogP contribution in [0.4, 0.5) is 0 Å². The molecular weight excluding hydrogens is 78.0 g/mol. The summed E-state index contributed by atoms with van der Waals surface area (Å²) in [6, 6.07) is 0. The molecule has 0 heterocycles. The van der Waals surface area contributed by atoms with Crippen LogP contribution in [-0.2, 0) is 0 Å². The van der Waals surface area contributed by atoms with E-state index in [1.807, 2.05) is 6.92 Å². The molecule has 0 aromatic carbocycles. The van der Waals surface area contributed by atoms with Gasteiger partial charge in [0.2, 0.25) is 0 Å². The first kappa shape index (κ1) is 5.50. The van der Waals surface area contributed by atoms with E-state index in [1.54, 1.807) is 0 Å². The van der Waals surface area contributed by atoms with Gasteiger partial charge in [0.15, 0.2) is 0 Å². The Morgan fingerprint density at radius 3 is 2.50 bits per heavy atom. The molecule has 0 rings (SSSR count). The van der Waals surface area contributed by atoms with Crippen LogP contribution in [-0.4, -0.2) is 16.8 Å². The molecule has 36 valence electrons. The Hall–Kier alpha value is -0.500. The van der Waals surface area contributed by atoms with Gasteiger partial charge in [0, 0.05) is 12.7 Å². The quantitative estimate of drug-likeness (QED) is 0.504. The Morgan fingerprint density at radius 1 is 2.00 bits per heavy atom. The lowest BCUT2D eigenvalue weighted by Gasteiger charge is -2.03. The van der Waals surface area contributed by atoms with E-state index in [0.717, 1.165) is 5.06 Å². The van der Waals surface area contributed by atoms with Crippen LogP contribution >= 0.6 is 0 Å². The molecule has 0 unspecified atom stereocenters. The normalized spacial score (nSPS) is 7.67. The van der Waals surface area contributed by atoms with Crippen molar-refractivity contribution in [3.8, 4) is 0 Å². The highest BCUT2D eigenvalue weighted by atomic mass is 16.5. The van der Waals surface area contributed by atoms with Crippen LogP contribution in [0, 0.1) is 0 Å². The molecule has 0 amide bonds. The minimum atomic E-state index is 0.601. The van der Waals surface area contributed by atoms with E-state index < -0.39 is 0 Å². The topological polar surface area (TPSA) is 23.5 Å². The summed E-state index contributed by atoms with van der Waals surface area (Å²) in [5.74, 6) is 0. The first-order valence-electron chi connectivity index (χ1n) is 1.89. The lowest BCUT2D eigenvalue weighted by molar-refractivity contribution is -0.0350. The second-order valence-corrected chi connectivity index (χ2v) is 0.938. The van der Waals surface area contributed by atoms with E-state index in [0.29, 0.717) is 6.54 Å². The predicted octanol–water partition coefficient (Wildman–Crippen LogP) is 0.841. The monoisotopic (exact) mass is 87.1 g/mol. The third-order valence-electron chi connectivity index (χ3n) is 0.535. The third-order valence-corrected chi connectivity index (χ3v) is 0.535. The summed E-state index contributed by atoms with van der Waals surface area (Å²) in [5, 5.41) is 9.40. The summed E-state index contributed by atoms with van der Waals surface area (Å²) in [4.78, 5) is 0. The van der Waals surface area contributed by atoms with Crippen LogP contribution in [0.3, 0.4) is 0 Å². The number of hydrogen-bond donors (Lipinski definition) is 1. The van der Waals surface area contributed by atoms with Crippen molar-refractivity contribution in [2.24, 2.45) is 0 Å². The van der Waals surface area contributed by atoms with Gasteiger partial charge in [0.05, 0.1) is 0 Å². The molecular formula is C4H9NO. The molecule has 0 saturated carbocycles. The summed E-state index contributed by atoms with van der Waals surface area (Å²) in [5.41, 5.74) is 0. The van der Waals surface area contributed by atoms with Crippen molar-refractivity contribution in [2.45, 2.75) is 6.92 Å². The van der Waals surface area contributed by atoms with E-state index in [9.17, 15) is 0 Å². The lowest BCUT2D eigenvalue weighted by atomic mass is 10.7. The number of rotatable bonds is 2. The molecule has 0 fully saturated rings. The fourth-order valence-electron chi connectivity index (χ4n) is 0.129. The zero-order chi connectivity index (χ0) is 4.99. The van der Waals surface area contributed by atoms with Gasteiger partial charge in [-0.05, 0) is 6.92 Å². The zero-order valence-corrected chi connectivity index (χ0v) is 3.89. The fourth-order valence-corrected chi connectivity index (χ4v) is 0.129. The number of hydroxylamine groups is 2. The molecule has 0 aliphatic rings. The first-order chi connectivity index (χ1) is 2.81. The van der Waals surface area contributed by atoms with Crippen molar-refractivity contribution in [1.29, 1.82) is 0 Å². The molecule has 0 atom stereocenters. The van der Waals surface area contributed by atoms with Crippen molar-refractivity contribution in [2.75, 3.05) is 6.54 Å². The van der Waals surface area contributed by atoms with E-state index in [-0.39, 0.29) is 0 Å². The average molecular weight is 87.1 g/mol. The van der Waals surface area contributed by atoms with E-state index >= 15 is 0 Å². The second kappa shape index (κ2) is 2.72. The second-order valence-electron chi connectivity index (χ2n) is 0.938. The van der Waals surface area contributed by atoms with Gasteiger partial charge in [0.1, 0.15) is 0 Å². The molecule has 0 spiro atoms. The SMILES string of the molecule is C=CN(O)CC. The Balaban J connectivity index is 2.96. The molecule has 0 aliphatic heterocycles. The van der Waals surface area contributed by atoms with Gasteiger partial charge < -0.3 is 0 Å². The average Bonchev–Trinajstić information content (AvgIpc) is 1.65. The molecule has 6 heavy (non-hydrogen) atoms. The minimum absolute atomic E-state index is 0.601. The Kier molecular flexibility index (Phi) is 2.50. The van der Waals surface area contributed by atoms with Crippen LogP contribution in [0.25, 0.3) is 0 Å². The van der Waals surface area contributed by atoms with E-state index in [4.69, 9.17) is 5.21 Å². The van der Waals surface area contributed by atoms with Crippen LogP contribution in [0.1, 0.15) is 6.92 Å². The van der Waals surface area contributed by atoms with Crippen LogP contribution in [0.15, 0.2) is 12.8 Å². The minimum Gasteiger partial charge on any atom is -0.289 e. The van der Waals surface area contributed by atoms with Gasteiger partial charge in [-0.25, -0.2) is 0 Å². The van der Waals surface area contributed by atoms with Crippen molar-refractivity contribution in [3.63, 3.8) is 0 Å². The Morgan fingerprint density at radius 2 is 2.50 bits per heavy atom. The van der Waals surface area contributed by atoms with Crippen LogP contribution in [0.5, 0.6) is 0 Å². The first-order valence-corrected chi connectivity index (χ1v) is 1.89. The maximum absolute atomic E-state index is 8.38. The summed E-state index contributed by atoms with van der Waals surface area (Å²) >= 11 is 0. The van der Waals surface area contributed by atoms with Crippen molar-refractivity contribution in [1.82, 2.24) is 5.06 Å². The molecule has 0 aromatic heterocycles. The summed E-state index contributed by atoms with van der Waals surface area (Å²) in [7, 11) is 0. The molecule has 2 heteroatoms. The maximum Gasteiger partial charge on any atom is 0.0418 e. The van der Waals surface area contributed by atoms with Crippen molar-refractivity contribution < 1.29 is 5.21 Å². The highest BCUT2D eigenvalue weighted by Crippen LogP contribution is 1.74.